The van der Waals surface area contributed by atoms with Crippen molar-refractivity contribution >= 4 is 0 Å². The zero-order chi connectivity index (χ0) is 11.7. The van der Waals surface area contributed by atoms with E-state index >= 15 is 0 Å². The van der Waals surface area contributed by atoms with Gasteiger partial charge in [-0.15, -0.1) is 0 Å². The second-order valence-electron chi connectivity index (χ2n) is 4.87. The third-order valence-corrected chi connectivity index (χ3v) is 3.70. The second-order valence-corrected chi connectivity index (χ2v) is 4.87. The molecule has 17 heavy (non-hydrogen) atoms. The van der Waals surface area contributed by atoms with Gasteiger partial charge in [0.1, 0.15) is 13.2 Å². The molecule has 1 aromatic carbocycles. The largest absolute Gasteiger partial charge is 0.486 e. The van der Waals surface area contributed by atoms with Crippen LogP contribution in [0.15, 0.2) is 12.1 Å². The van der Waals surface area contributed by atoms with Crippen LogP contribution in [-0.4, -0.2) is 25.8 Å². The van der Waals surface area contributed by atoms with Gasteiger partial charge in [0.05, 0.1) is 0 Å². The van der Waals surface area contributed by atoms with E-state index in [1.54, 1.807) is 0 Å². The van der Waals surface area contributed by atoms with Crippen molar-refractivity contribution in [3.63, 3.8) is 0 Å². The Morgan fingerprint density at radius 2 is 2.18 bits per heavy atom. The van der Waals surface area contributed by atoms with Crippen molar-refractivity contribution in [2.75, 3.05) is 19.8 Å². The number of hydrogen-bond acceptors (Lipinski definition) is 3. The van der Waals surface area contributed by atoms with Crippen molar-refractivity contribution in [1.29, 1.82) is 0 Å². The third-order valence-electron chi connectivity index (χ3n) is 3.70. The Balaban J connectivity index is 1.84. The molecule has 2 aliphatic heterocycles. The lowest BCUT2D eigenvalue weighted by Gasteiger charge is -2.22. The fraction of sp³-hybridized carbons (Fsp3) is 0.571. The first-order valence-electron chi connectivity index (χ1n) is 6.46. The first kappa shape index (κ1) is 10.9. The summed E-state index contributed by atoms with van der Waals surface area (Å²) in [5.74, 6) is 1.85. The lowest BCUT2D eigenvalue weighted by molar-refractivity contribution is 0.170. The Kier molecular flexibility index (Phi) is 2.93. The Morgan fingerprint density at radius 3 is 3.00 bits per heavy atom. The number of ether oxygens (including phenoxy) is 2. The third kappa shape index (κ3) is 2.12. The lowest BCUT2D eigenvalue weighted by atomic mass is 9.99. The molecule has 92 valence electrons. The number of nitrogens with one attached hydrogen (secondary N) is 1. The predicted octanol–water partition coefficient (Wildman–Crippen LogP) is 2.06. The van der Waals surface area contributed by atoms with Crippen LogP contribution in [0.5, 0.6) is 11.5 Å². The summed E-state index contributed by atoms with van der Waals surface area (Å²) in [6.45, 7) is 4.63. The van der Waals surface area contributed by atoms with Crippen LogP contribution in [-0.2, 0) is 6.42 Å². The summed E-state index contributed by atoms with van der Waals surface area (Å²) in [6, 6.07) is 4.87. The Hall–Kier alpha value is -1.22. The van der Waals surface area contributed by atoms with Gasteiger partial charge in [0.25, 0.3) is 0 Å². The highest BCUT2D eigenvalue weighted by Gasteiger charge is 2.20. The molecule has 1 saturated heterocycles. The molecule has 1 fully saturated rings. The Morgan fingerprint density at radius 1 is 1.29 bits per heavy atom. The van der Waals surface area contributed by atoms with E-state index in [2.05, 4.69) is 18.3 Å². The molecule has 1 aromatic rings. The summed E-state index contributed by atoms with van der Waals surface area (Å²) in [5.41, 5.74) is 2.63. The van der Waals surface area contributed by atoms with Crippen molar-refractivity contribution in [3.8, 4) is 11.5 Å². The highest BCUT2D eigenvalue weighted by atomic mass is 16.6. The standard InChI is InChI=1S/C14H19NO2/c1-10-11(9-12-3-2-6-15-12)4-5-13-14(10)17-8-7-16-13/h4-5,12,15H,2-3,6-9H2,1H3. The van der Waals surface area contributed by atoms with Crippen molar-refractivity contribution in [1.82, 2.24) is 5.32 Å². The topological polar surface area (TPSA) is 30.5 Å². The molecule has 0 spiro atoms. The van der Waals surface area contributed by atoms with E-state index in [9.17, 15) is 0 Å². The summed E-state index contributed by atoms with van der Waals surface area (Å²) in [5, 5.41) is 3.54. The minimum Gasteiger partial charge on any atom is -0.486 e. The molecule has 2 heterocycles. The SMILES string of the molecule is Cc1c(CC2CCCN2)ccc2c1OCCO2. The normalized spacial score (nSPS) is 22.8. The van der Waals surface area contributed by atoms with Crippen LogP contribution in [0, 0.1) is 6.92 Å². The Bertz CT molecular complexity index is 411. The molecule has 1 unspecified atom stereocenters. The predicted molar refractivity (Wildman–Crippen MR) is 66.9 cm³/mol. The van der Waals surface area contributed by atoms with Gasteiger partial charge in [0.2, 0.25) is 0 Å². The number of fused-ring (bicyclic) bond motifs is 1. The molecule has 0 bridgehead atoms. The van der Waals surface area contributed by atoms with Crippen LogP contribution in [0.1, 0.15) is 24.0 Å². The van der Waals surface area contributed by atoms with Crippen molar-refractivity contribution in [2.24, 2.45) is 0 Å². The molecule has 0 saturated carbocycles. The average molecular weight is 233 g/mol. The van der Waals surface area contributed by atoms with Crippen molar-refractivity contribution in [3.05, 3.63) is 23.3 Å². The maximum Gasteiger partial charge on any atom is 0.164 e. The maximum absolute atomic E-state index is 5.71. The van der Waals surface area contributed by atoms with E-state index in [1.165, 1.54) is 24.0 Å². The number of rotatable bonds is 2. The molecule has 0 radical (unpaired) electrons. The molecular formula is C14H19NO2. The first-order valence-corrected chi connectivity index (χ1v) is 6.46. The molecule has 2 aliphatic rings. The fourth-order valence-corrected chi connectivity index (χ4v) is 2.71. The van der Waals surface area contributed by atoms with E-state index in [4.69, 9.17) is 9.47 Å². The summed E-state index contributed by atoms with van der Waals surface area (Å²) in [6.07, 6.45) is 3.69. The summed E-state index contributed by atoms with van der Waals surface area (Å²) >= 11 is 0. The number of benzene rings is 1. The van der Waals surface area contributed by atoms with Gasteiger partial charge in [-0.25, -0.2) is 0 Å². The highest BCUT2D eigenvalue weighted by Crippen LogP contribution is 2.35. The van der Waals surface area contributed by atoms with Gasteiger partial charge in [0, 0.05) is 6.04 Å². The van der Waals surface area contributed by atoms with E-state index < -0.39 is 0 Å². The monoisotopic (exact) mass is 233 g/mol. The summed E-state index contributed by atoms with van der Waals surface area (Å²) in [7, 11) is 0. The molecule has 0 aliphatic carbocycles. The van der Waals surface area contributed by atoms with E-state index in [0.717, 1.165) is 24.5 Å². The van der Waals surface area contributed by atoms with Gasteiger partial charge < -0.3 is 14.8 Å². The summed E-state index contributed by atoms with van der Waals surface area (Å²) in [4.78, 5) is 0. The average Bonchev–Trinajstić information content (AvgIpc) is 2.86. The van der Waals surface area contributed by atoms with Gasteiger partial charge in [0.15, 0.2) is 11.5 Å². The van der Waals surface area contributed by atoms with Crippen LogP contribution in [0.3, 0.4) is 0 Å². The molecule has 0 aromatic heterocycles. The zero-order valence-corrected chi connectivity index (χ0v) is 10.3. The van der Waals surface area contributed by atoms with Gasteiger partial charge in [-0.3, -0.25) is 0 Å². The number of hydrogen-bond donors (Lipinski definition) is 1. The van der Waals surface area contributed by atoms with Gasteiger partial charge in [-0.2, -0.15) is 0 Å². The molecule has 3 rings (SSSR count). The minimum atomic E-state index is 0.635. The van der Waals surface area contributed by atoms with Crippen LogP contribution < -0.4 is 14.8 Å². The fourth-order valence-electron chi connectivity index (χ4n) is 2.71. The van der Waals surface area contributed by atoms with Gasteiger partial charge in [-0.1, -0.05) is 6.07 Å². The van der Waals surface area contributed by atoms with Crippen LogP contribution in [0.2, 0.25) is 0 Å². The van der Waals surface area contributed by atoms with E-state index in [0.29, 0.717) is 19.3 Å². The zero-order valence-electron chi connectivity index (χ0n) is 10.3. The minimum absolute atomic E-state index is 0.635. The highest BCUT2D eigenvalue weighted by molar-refractivity contribution is 5.51. The van der Waals surface area contributed by atoms with Gasteiger partial charge >= 0.3 is 0 Å². The molecule has 1 atom stereocenters. The smallest absolute Gasteiger partial charge is 0.164 e. The maximum atomic E-state index is 5.71. The quantitative estimate of drug-likeness (QED) is 0.848. The van der Waals surface area contributed by atoms with Gasteiger partial charge in [-0.05, 0) is 49.9 Å². The molecule has 3 heteroatoms. The molecule has 1 N–H and O–H groups in total. The second kappa shape index (κ2) is 4.57. The summed E-state index contributed by atoms with van der Waals surface area (Å²) < 4.78 is 11.3. The lowest BCUT2D eigenvalue weighted by Crippen LogP contribution is -2.24. The van der Waals surface area contributed by atoms with Crippen molar-refractivity contribution in [2.45, 2.75) is 32.2 Å². The van der Waals surface area contributed by atoms with E-state index in [-0.39, 0.29) is 0 Å². The van der Waals surface area contributed by atoms with Crippen molar-refractivity contribution < 1.29 is 9.47 Å². The Labute approximate surface area is 102 Å². The van der Waals surface area contributed by atoms with Crippen LogP contribution in [0.4, 0.5) is 0 Å². The van der Waals surface area contributed by atoms with Crippen LogP contribution >= 0.6 is 0 Å². The molecular weight excluding hydrogens is 214 g/mol. The molecule has 3 nitrogen and oxygen atoms in total. The van der Waals surface area contributed by atoms with Crippen LogP contribution in [0.25, 0.3) is 0 Å². The van der Waals surface area contributed by atoms with E-state index in [1.807, 2.05) is 6.07 Å². The first-order chi connectivity index (χ1) is 8.34. The molecule has 0 amide bonds.